The first-order valence-electron chi connectivity index (χ1n) is 6.47. The van der Waals surface area contributed by atoms with Crippen molar-refractivity contribution in [2.75, 3.05) is 0 Å². The molecule has 1 aromatic carbocycles. The van der Waals surface area contributed by atoms with Gasteiger partial charge < -0.3 is 4.57 Å². The zero-order valence-electron chi connectivity index (χ0n) is 11.9. The summed E-state index contributed by atoms with van der Waals surface area (Å²) in [7, 11) is 3.19. The zero-order chi connectivity index (χ0) is 16.0. The normalized spacial score (nSPS) is 11.3. The van der Waals surface area contributed by atoms with E-state index in [0.29, 0.717) is 4.73 Å². The summed E-state index contributed by atoms with van der Waals surface area (Å²) in [5, 5.41) is 0. The molecule has 0 aliphatic rings. The van der Waals surface area contributed by atoms with Gasteiger partial charge in [-0.15, -0.1) is 0 Å². The average Bonchev–Trinajstić information content (AvgIpc) is 2.79. The maximum Gasteiger partial charge on any atom is 0.332 e. The zero-order valence-corrected chi connectivity index (χ0v) is 13.5. The molecule has 0 aliphatic heterocycles. The van der Waals surface area contributed by atoms with E-state index in [2.05, 4.69) is 20.9 Å². The molecular weight excluding hydrogens is 355 g/mol. The first-order chi connectivity index (χ1) is 10.4. The smallest absolute Gasteiger partial charge is 0.316 e. The van der Waals surface area contributed by atoms with Crippen molar-refractivity contribution in [1.29, 1.82) is 0 Å². The fraction of sp³-hybridized carbons (Fsp3) is 0.214. The monoisotopic (exact) mass is 366 g/mol. The minimum absolute atomic E-state index is 0.128. The predicted octanol–water partition coefficient (Wildman–Crippen LogP) is 1.38. The van der Waals surface area contributed by atoms with Gasteiger partial charge in [-0.1, -0.05) is 18.2 Å². The highest BCUT2D eigenvalue weighted by Gasteiger charge is 2.18. The van der Waals surface area contributed by atoms with Crippen LogP contribution in [0.4, 0.5) is 4.39 Å². The number of imidazole rings is 1. The number of aryl methyl sites for hydroxylation is 2. The first-order valence-corrected chi connectivity index (χ1v) is 7.26. The minimum Gasteiger partial charge on any atom is -0.316 e. The van der Waals surface area contributed by atoms with E-state index in [1.54, 1.807) is 29.8 Å². The lowest BCUT2D eigenvalue weighted by Crippen LogP contribution is -2.40. The first kappa shape index (κ1) is 14.7. The summed E-state index contributed by atoms with van der Waals surface area (Å²) in [5.74, 6) is -0.456. The van der Waals surface area contributed by atoms with Crippen LogP contribution in [0, 0.1) is 5.82 Å². The highest BCUT2D eigenvalue weighted by Crippen LogP contribution is 2.14. The second kappa shape index (κ2) is 5.20. The summed E-state index contributed by atoms with van der Waals surface area (Å²) < 4.78 is 18.1. The standard InChI is InChI=1S/C14H12BrFN4O2/c1-18-10-11(17-13(18)15)19(2)14(22)20(12(10)21)7-8-5-3-4-6-9(8)16/h3-6H,7H2,1-2H3. The van der Waals surface area contributed by atoms with Crippen molar-refractivity contribution >= 4 is 27.1 Å². The summed E-state index contributed by atoms with van der Waals surface area (Å²) >= 11 is 3.23. The van der Waals surface area contributed by atoms with E-state index in [4.69, 9.17) is 0 Å². The second-order valence-electron chi connectivity index (χ2n) is 4.94. The molecule has 0 fully saturated rings. The second-order valence-corrected chi connectivity index (χ2v) is 5.65. The minimum atomic E-state index is -0.536. The van der Waals surface area contributed by atoms with Gasteiger partial charge in [0, 0.05) is 19.7 Å². The number of benzene rings is 1. The van der Waals surface area contributed by atoms with E-state index < -0.39 is 17.1 Å². The van der Waals surface area contributed by atoms with Gasteiger partial charge in [0.2, 0.25) is 0 Å². The molecular formula is C14H12BrFN4O2. The Labute approximate surface area is 132 Å². The van der Waals surface area contributed by atoms with Crippen LogP contribution < -0.4 is 11.2 Å². The fourth-order valence-electron chi connectivity index (χ4n) is 2.35. The van der Waals surface area contributed by atoms with Crippen LogP contribution >= 0.6 is 15.9 Å². The molecule has 3 aromatic rings. The van der Waals surface area contributed by atoms with Crippen molar-refractivity contribution in [3.05, 3.63) is 61.2 Å². The van der Waals surface area contributed by atoms with Crippen molar-refractivity contribution < 1.29 is 4.39 Å². The maximum absolute atomic E-state index is 13.8. The number of halogens is 2. The number of rotatable bonds is 2. The maximum atomic E-state index is 13.8. The van der Waals surface area contributed by atoms with Crippen molar-refractivity contribution in [2.45, 2.75) is 6.54 Å². The molecule has 0 atom stereocenters. The Balaban J connectivity index is 2.31. The van der Waals surface area contributed by atoms with E-state index in [1.807, 2.05) is 0 Å². The van der Waals surface area contributed by atoms with E-state index in [9.17, 15) is 14.0 Å². The topological polar surface area (TPSA) is 61.8 Å². The molecule has 8 heteroatoms. The molecule has 6 nitrogen and oxygen atoms in total. The van der Waals surface area contributed by atoms with Gasteiger partial charge in [0.1, 0.15) is 5.82 Å². The number of hydrogen-bond acceptors (Lipinski definition) is 3. The van der Waals surface area contributed by atoms with Gasteiger partial charge in [0.25, 0.3) is 5.56 Å². The van der Waals surface area contributed by atoms with E-state index in [1.165, 1.54) is 17.7 Å². The van der Waals surface area contributed by atoms with Gasteiger partial charge in [-0.2, -0.15) is 0 Å². The molecule has 3 rings (SSSR count). The Morgan fingerprint density at radius 3 is 2.55 bits per heavy atom. The highest BCUT2D eigenvalue weighted by molar-refractivity contribution is 9.10. The molecule has 0 radical (unpaired) electrons. The lowest BCUT2D eigenvalue weighted by molar-refractivity contribution is 0.582. The van der Waals surface area contributed by atoms with Crippen LogP contribution in [-0.2, 0) is 20.6 Å². The van der Waals surface area contributed by atoms with Gasteiger partial charge in [-0.3, -0.25) is 13.9 Å². The van der Waals surface area contributed by atoms with Gasteiger partial charge in [-0.25, -0.2) is 14.2 Å². The Morgan fingerprint density at radius 1 is 1.18 bits per heavy atom. The number of nitrogens with zero attached hydrogens (tertiary/aromatic N) is 4. The molecule has 0 spiro atoms. The Bertz CT molecular complexity index is 1000. The van der Waals surface area contributed by atoms with Crippen molar-refractivity contribution in [3.63, 3.8) is 0 Å². The summed E-state index contributed by atoms with van der Waals surface area (Å²) in [6.07, 6.45) is 0. The van der Waals surface area contributed by atoms with E-state index in [0.717, 1.165) is 4.57 Å². The summed E-state index contributed by atoms with van der Waals surface area (Å²) in [6, 6.07) is 6.06. The summed E-state index contributed by atoms with van der Waals surface area (Å²) in [5.41, 5.74) is -0.185. The lowest BCUT2D eigenvalue weighted by atomic mass is 10.2. The van der Waals surface area contributed by atoms with E-state index in [-0.39, 0.29) is 23.3 Å². The number of aromatic nitrogens is 4. The highest BCUT2D eigenvalue weighted by atomic mass is 79.9. The van der Waals surface area contributed by atoms with Crippen molar-refractivity contribution in [3.8, 4) is 0 Å². The molecule has 0 saturated carbocycles. The predicted molar refractivity (Wildman–Crippen MR) is 83.4 cm³/mol. The van der Waals surface area contributed by atoms with Crippen molar-refractivity contribution in [1.82, 2.24) is 18.7 Å². The largest absolute Gasteiger partial charge is 0.332 e. The molecule has 0 unspecified atom stereocenters. The quantitative estimate of drug-likeness (QED) is 0.643. The molecule has 0 bridgehead atoms. The number of hydrogen-bond donors (Lipinski definition) is 0. The SMILES string of the molecule is Cn1c(Br)nc2c1c(=O)n(Cc1ccccc1F)c(=O)n2C. The molecule has 2 heterocycles. The third-order valence-electron chi connectivity index (χ3n) is 3.59. The van der Waals surface area contributed by atoms with Gasteiger partial charge in [0.05, 0.1) is 6.54 Å². The van der Waals surface area contributed by atoms with Crippen LogP contribution in [-0.4, -0.2) is 18.7 Å². The van der Waals surface area contributed by atoms with Gasteiger partial charge >= 0.3 is 5.69 Å². The van der Waals surface area contributed by atoms with Crippen molar-refractivity contribution in [2.24, 2.45) is 14.1 Å². The molecule has 0 saturated heterocycles. The van der Waals surface area contributed by atoms with E-state index >= 15 is 0 Å². The fourth-order valence-corrected chi connectivity index (χ4v) is 2.70. The number of fused-ring (bicyclic) bond motifs is 1. The molecule has 2 aromatic heterocycles. The lowest BCUT2D eigenvalue weighted by Gasteiger charge is -2.09. The molecule has 0 aliphatic carbocycles. The van der Waals surface area contributed by atoms with Crippen LogP contribution in [0.5, 0.6) is 0 Å². The van der Waals surface area contributed by atoms with Crippen LogP contribution in [0.15, 0.2) is 38.6 Å². The molecule has 22 heavy (non-hydrogen) atoms. The third kappa shape index (κ3) is 2.10. The third-order valence-corrected chi connectivity index (χ3v) is 4.30. The summed E-state index contributed by atoms with van der Waals surface area (Å²) in [6.45, 7) is -0.128. The van der Waals surface area contributed by atoms with Gasteiger partial charge in [-0.05, 0) is 22.0 Å². The molecule has 0 amide bonds. The van der Waals surface area contributed by atoms with Gasteiger partial charge in [0.15, 0.2) is 15.9 Å². The Morgan fingerprint density at radius 2 is 1.86 bits per heavy atom. The van der Waals surface area contributed by atoms with Crippen LogP contribution in [0.1, 0.15) is 5.56 Å². The Hall–Kier alpha value is -2.22. The van der Waals surface area contributed by atoms with Crippen LogP contribution in [0.3, 0.4) is 0 Å². The molecule has 114 valence electrons. The van der Waals surface area contributed by atoms with Crippen LogP contribution in [0.25, 0.3) is 11.2 Å². The average molecular weight is 367 g/mol. The van der Waals surface area contributed by atoms with Crippen LogP contribution in [0.2, 0.25) is 0 Å². The Kier molecular flexibility index (Phi) is 3.48. The summed E-state index contributed by atoms with van der Waals surface area (Å²) in [4.78, 5) is 29.1. The molecule has 0 N–H and O–H groups in total.